The van der Waals surface area contributed by atoms with Crippen molar-refractivity contribution >= 4 is 5.97 Å². The van der Waals surface area contributed by atoms with Crippen LogP contribution in [0.4, 0.5) is 0 Å². The van der Waals surface area contributed by atoms with E-state index in [1.165, 1.54) is 0 Å². The third-order valence-electron chi connectivity index (χ3n) is 4.29. The van der Waals surface area contributed by atoms with Crippen LogP contribution in [0.5, 0.6) is 0 Å². The zero-order valence-corrected chi connectivity index (χ0v) is 18.4. The highest BCUT2D eigenvalue weighted by molar-refractivity contribution is 5.69. The summed E-state index contributed by atoms with van der Waals surface area (Å²) in [5, 5.41) is 0. The molecular formula is C14H32I2N2O2. The molecule has 20 heavy (non-hydrogen) atoms. The first-order valence-electron chi connectivity index (χ1n) is 6.95. The second kappa shape index (κ2) is 11.4. The van der Waals surface area contributed by atoms with Gasteiger partial charge in [-0.05, 0) is 20.8 Å². The number of ether oxygens (including phenoxy) is 1. The Labute approximate surface area is 159 Å². The zero-order valence-electron chi connectivity index (χ0n) is 14.1. The smallest absolute Gasteiger partial charge is 0.312 e. The van der Waals surface area contributed by atoms with Crippen LogP contribution in [0.2, 0.25) is 0 Å². The maximum Gasteiger partial charge on any atom is 0.312 e. The van der Waals surface area contributed by atoms with Crippen LogP contribution < -0.4 is 48.0 Å². The van der Waals surface area contributed by atoms with Crippen LogP contribution in [0.15, 0.2) is 0 Å². The SMILES string of the molecule is CC[N+](C)(C)CCOC(=O)CC(C)[N+](C)(C)CC.[I-].[I-]. The van der Waals surface area contributed by atoms with Crippen molar-refractivity contribution in [2.45, 2.75) is 33.2 Å². The van der Waals surface area contributed by atoms with Crippen molar-refractivity contribution in [3.05, 3.63) is 0 Å². The van der Waals surface area contributed by atoms with E-state index < -0.39 is 0 Å². The molecule has 0 aliphatic carbocycles. The standard InChI is InChI=1S/C14H32N2O2.2HI/c1-8-15(4,5)10-11-18-14(17)12-13(3)16(6,7)9-2;;/h13H,8-12H2,1-7H3;2*1H/q+2;;/p-2. The van der Waals surface area contributed by atoms with Gasteiger partial charge in [-0.2, -0.15) is 0 Å². The summed E-state index contributed by atoms with van der Waals surface area (Å²) in [6.45, 7) is 9.86. The van der Waals surface area contributed by atoms with Crippen LogP contribution in [0, 0.1) is 0 Å². The number of hydrogen-bond donors (Lipinski definition) is 0. The van der Waals surface area contributed by atoms with Gasteiger partial charge in [-0.25, -0.2) is 0 Å². The Morgan fingerprint density at radius 2 is 1.55 bits per heavy atom. The lowest BCUT2D eigenvalue weighted by Crippen LogP contribution is -3.00. The minimum Gasteiger partial charge on any atom is -1.00 e. The summed E-state index contributed by atoms with van der Waals surface area (Å²) in [6, 6.07) is 0.302. The van der Waals surface area contributed by atoms with Crippen molar-refractivity contribution in [2.75, 3.05) is 54.4 Å². The largest absolute Gasteiger partial charge is 1.00 e. The lowest BCUT2D eigenvalue weighted by atomic mass is 10.2. The number of nitrogens with zero attached hydrogens (tertiary/aromatic N) is 2. The van der Waals surface area contributed by atoms with Gasteiger partial charge in [-0.15, -0.1) is 0 Å². The van der Waals surface area contributed by atoms with Crippen molar-refractivity contribution in [1.82, 2.24) is 0 Å². The van der Waals surface area contributed by atoms with Gasteiger partial charge in [0, 0.05) is 0 Å². The fourth-order valence-electron chi connectivity index (χ4n) is 1.42. The van der Waals surface area contributed by atoms with Gasteiger partial charge >= 0.3 is 5.97 Å². The van der Waals surface area contributed by atoms with Gasteiger partial charge in [-0.3, -0.25) is 4.79 Å². The molecule has 0 fully saturated rings. The molecule has 124 valence electrons. The van der Waals surface area contributed by atoms with Crippen LogP contribution in [-0.4, -0.2) is 75.4 Å². The number of carbonyl (C=O) groups excluding carboxylic acids is 1. The predicted molar refractivity (Wildman–Crippen MR) is 75.2 cm³/mol. The fraction of sp³-hybridized carbons (Fsp3) is 0.929. The molecule has 0 bridgehead atoms. The van der Waals surface area contributed by atoms with Crippen LogP contribution in [0.3, 0.4) is 0 Å². The lowest BCUT2D eigenvalue weighted by Gasteiger charge is -2.34. The van der Waals surface area contributed by atoms with Crippen molar-refractivity contribution in [1.29, 1.82) is 0 Å². The number of rotatable bonds is 8. The van der Waals surface area contributed by atoms with Gasteiger partial charge in [0.25, 0.3) is 0 Å². The zero-order chi connectivity index (χ0) is 14.4. The average Bonchev–Trinajstić information content (AvgIpc) is 2.28. The van der Waals surface area contributed by atoms with E-state index in [0.717, 1.165) is 28.6 Å². The normalized spacial score (nSPS) is 12.9. The molecule has 1 atom stereocenters. The summed E-state index contributed by atoms with van der Waals surface area (Å²) in [4.78, 5) is 11.8. The van der Waals surface area contributed by atoms with Crippen molar-refractivity contribution in [3.63, 3.8) is 0 Å². The molecule has 1 unspecified atom stereocenters. The van der Waals surface area contributed by atoms with E-state index in [4.69, 9.17) is 4.74 Å². The van der Waals surface area contributed by atoms with Crippen molar-refractivity contribution in [2.24, 2.45) is 0 Å². The van der Waals surface area contributed by atoms with Gasteiger partial charge < -0.3 is 61.7 Å². The topological polar surface area (TPSA) is 26.3 Å². The Bertz CT molecular complexity index is 272. The number of halogens is 2. The molecule has 0 amide bonds. The predicted octanol–water partition coefficient (Wildman–Crippen LogP) is -4.49. The van der Waals surface area contributed by atoms with Gasteiger partial charge in [0.05, 0.1) is 53.7 Å². The molecule has 0 rings (SSSR count). The average molecular weight is 514 g/mol. The third-order valence-corrected chi connectivity index (χ3v) is 4.29. The molecule has 0 N–H and O–H groups in total. The minimum atomic E-state index is -0.0711. The number of likely N-dealkylation sites (N-methyl/N-ethyl adjacent to an activating group) is 1. The third kappa shape index (κ3) is 10.6. The first-order chi connectivity index (χ1) is 8.14. The van der Waals surface area contributed by atoms with E-state index in [2.05, 4.69) is 49.0 Å². The summed E-state index contributed by atoms with van der Waals surface area (Å²) in [6.07, 6.45) is 0.500. The number of quaternary nitrogens is 2. The van der Waals surface area contributed by atoms with Gasteiger partial charge in [0.1, 0.15) is 13.2 Å². The van der Waals surface area contributed by atoms with Crippen molar-refractivity contribution < 1.29 is 66.5 Å². The second-order valence-corrected chi connectivity index (χ2v) is 6.34. The fourth-order valence-corrected chi connectivity index (χ4v) is 1.42. The molecular weight excluding hydrogens is 482 g/mol. The Hall–Kier alpha value is 0.850. The van der Waals surface area contributed by atoms with E-state index in [9.17, 15) is 4.79 Å². The monoisotopic (exact) mass is 514 g/mol. The molecule has 0 spiro atoms. The Morgan fingerprint density at radius 1 is 1.05 bits per heavy atom. The van der Waals surface area contributed by atoms with E-state index in [1.807, 2.05) is 0 Å². The quantitative estimate of drug-likeness (QED) is 0.186. The van der Waals surface area contributed by atoms with E-state index in [1.54, 1.807) is 0 Å². The molecule has 0 saturated carbocycles. The molecule has 0 aromatic rings. The summed E-state index contributed by atoms with van der Waals surface area (Å²) < 4.78 is 7.07. The minimum absolute atomic E-state index is 0. The molecule has 0 aromatic carbocycles. The molecule has 4 nitrogen and oxygen atoms in total. The lowest BCUT2D eigenvalue weighted by molar-refractivity contribution is -0.910. The van der Waals surface area contributed by atoms with Crippen molar-refractivity contribution in [3.8, 4) is 0 Å². The van der Waals surface area contributed by atoms with E-state index >= 15 is 0 Å². The molecule has 6 heteroatoms. The molecule has 0 aromatic heterocycles. The maximum absolute atomic E-state index is 11.8. The highest BCUT2D eigenvalue weighted by Gasteiger charge is 2.25. The molecule has 0 aliphatic heterocycles. The molecule has 0 aliphatic rings. The summed E-state index contributed by atoms with van der Waals surface area (Å²) >= 11 is 0. The van der Waals surface area contributed by atoms with Gasteiger partial charge in [-0.1, -0.05) is 0 Å². The summed E-state index contributed by atoms with van der Waals surface area (Å²) in [5.74, 6) is -0.0711. The number of carbonyl (C=O) groups is 1. The van der Waals surface area contributed by atoms with E-state index in [0.29, 0.717) is 19.1 Å². The first kappa shape index (κ1) is 25.8. The molecule has 0 heterocycles. The van der Waals surface area contributed by atoms with Crippen LogP contribution in [-0.2, 0) is 9.53 Å². The molecule has 0 saturated heterocycles. The Morgan fingerprint density at radius 3 is 1.95 bits per heavy atom. The van der Waals surface area contributed by atoms with Crippen LogP contribution in [0.1, 0.15) is 27.2 Å². The highest BCUT2D eigenvalue weighted by atomic mass is 127. The molecule has 0 radical (unpaired) electrons. The number of esters is 1. The highest BCUT2D eigenvalue weighted by Crippen LogP contribution is 2.10. The maximum atomic E-state index is 11.8. The van der Waals surface area contributed by atoms with Gasteiger partial charge in [0.2, 0.25) is 0 Å². The van der Waals surface area contributed by atoms with Crippen LogP contribution in [0.25, 0.3) is 0 Å². The summed E-state index contributed by atoms with van der Waals surface area (Å²) in [7, 11) is 8.59. The summed E-state index contributed by atoms with van der Waals surface area (Å²) in [5.41, 5.74) is 0. The van der Waals surface area contributed by atoms with E-state index in [-0.39, 0.29) is 53.9 Å². The first-order valence-corrected chi connectivity index (χ1v) is 6.95. The van der Waals surface area contributed by atoms with Crippen LogP contribution >= 0.6 is 0 Å². The Kier molecular flexibility index (Phi) is 14.7. The second-order valence-electron chi connectivity index (χ2n) is 6.34. The number of hydrogen-bond acceptors (Lipinski definition) is 2. The van der Waals surface area contributed by atoms with Gasteiger partial charge in [0.15, 0.2) is 0 Å². The Balaban J connectivity index is -0.00000144.